The van der Waals surface area contributed by atoms with E-state index in [0.29, 0.717) is 11.1 Å². The van der Waals surface area contributed by atoms with E-state index in [1.54, 1.807) is 55.2 Å². The molecular weight excluding hydrogens is 472 g/mol. The topological polar surface area (TPSA) is 113 Å². The number of carboxylic acids is 1. The quantitative estimate of drug-likeness (QED) is 0.371. The van der Waals surface area contributed by atoms with Crippen molar-refractivity contribution in [2.24, 2.45) is 0 Å². The summed E-state index contributed by atoms with van der Waals surface area (Å²) in [6.45, 7) is 1.81. The Hall–Kier alpha value is -3.47. The molecular formula is C24H22N4O4S2. The lowest BCUT2D eigenvalue weighted by molar-refractivity contribution is -0.138. The average molecular weight is 495 g/mol. The Kier molecular flexibility index (Phi) is 7.11. The molecule has 2 aromatic carbocycles. The minimum absolute atomic E-state index is 0.0127. The molecule has 2 aromatic heterocycles. The fourth-order valence-electron chi connectivity index (χ4n) is 3.41. The van der Waals surface area contributed by atoms with Crippen LogP contribution >= 0.6 is 11.3 Å². The van der Waals surface area contributed by atoms with Crippen LogP contribution < -0.4 is 0 Å². The van der Waals surface area contributed by atoms with E-state index in [1.165, 1.54) is 10.5 Å². The van der Waals surface area contributed by atoms with Crippen LogP contribution in [0.25, 0.3) is 11.3 Å². The first-order chi connectivity index (χ1) is 16.3. The first-order valence-corrected chi connectivity index (χ1v) is 12.7. The first kappa shape index (κ1) is 23.7. The second kappa shape index (κ2) is 10.2. The van der Waals surface area contributed by atoms with E-state index in [2.05, 4.69) is 15.0 Å². The molecule has 2 heterocycles. The normalized spacial score (nSPS) is 12.5. The van der Waals surface area contributed by atoms with Gasteiger partial charge in [-0.25, -0.2) is 13.4 Å². The molecule has 174 valence electrons. The zero-order chi connectivity index (χ0) is 24.1. The van der Waals surface area contributed by atoms with Crippen LogP contribution in [0.4, 0.5) is 0 Å². The molecule has 0 aliphatic heterocycles. The van der Waals surface area contributed by atoms with Gasteiger partial charge in [0.25, 0.3) is 10.0 Å². The Labute approximate surface area is 201 Å². The van der Waals surface area contributed by atoms with Crippen LogP contribution in [-0.4, -0.2) is 38.8 Å². The lowest BCUT2D eigenvalue weighted by atomic mass is 9.99. The van der Waals surface area contributed by atoms with E-state index in [1.807, 2.05) is 24.3 Å². The molecule has 10 heteroatoms. The van der Waals surface area contributed by atoms with Gasteiger partial charge in [-0.1, -0.05) is 48.5 Å². The van der Waals surface area contributed by atoms with E-state index in [0.717, 1.165) is 28.2 Å². The largest absolute Gasteiger partial charge is 0.481 e. The van der Waals surface area contributed by atoms with E-state index < -0.39 is 21.9 Å². The van der Waals surface area contributed by atoms with Gasteiger partial charge in [0.15, 0.2) is 0 Å². The zero-order valence-electron chi connectivity index (χ0n) is 18.3. The van der Waals surface area contributed by atoms with E-state index in [9.17, 15) is 18.3 Å². The van der Waals surface area contributed by atoms with Crippen molar-refractivity contribution in [3.8, 4) is 11.3 Å². The van der Waals surface area contributed by atoms with Crippen LogP contribution in [0.15, 0.2) is 83.0 Å². The molecule has 1 atom stereocenters. The standard InChI is InChI=1S/C24H22N4O4S2/c1-17(23(29)30)21-4-2-3-19(13-21)16-28(34(31,32)24-27-11-12-33-24)15-18-5-7-20(8-6-18)22-14-25-9-10-26-22/h2-14,17H,15-16H2,1H3,(H,29,30). The molecule has 0 fully saturated rings. The number of nitrogens with zero attached hydrogens (tertiary/aromatic N) is 4. The average Bonchev–Trinajstić information content (AvgIpc) is 3.40. The lowest BCUT2D eigenvalue weighted by Gasteiger charge is -2.22. The van der Waals surface area contributed by atoms with Crippen LogP contribution in [-0.2, 0) is 27.9 Å². The van der Waals surface area contributed by atoms with Gasteiger partial charge in [-0.05, 0) is 23.6 Å². The molecule has 0 aliphatic rings. The summed E-state index contributed by atoms with van der Waals surface area (Å²) in [5.41, 5.74) is 3.71. The van der Waals surface area contributed by atoms with Crippen LogP contribution in [0, 0.1) is 0 Å². The number of aromatic nitrogens is 3. The summed E-state index contributed by atoms with van der Waals surface area (Å²) in [5, 5.41) is 11.0. The molecule has 8 nitrogen and oxygen atoms in total. The molecule has 1 unspecified atom stereocenters. The molecule has 0 saturated carbocycles. The van der Waals surface area contributed by atoms with Crippen molar-refractivity contribution < 1.29 is 18.3 Å². The Morgan fingerprint density at radius 1 is 1.03 bits per heavy atom. The van der Waals surface area contributed by atoms with E-state index >= 15 is 0 Å². The number of rotatable bonds is 9. The van der Waals surface area contributed by atoms with Gasteiger partial charge in [-0.15, -0.1) is 11.3 Å². The fourth-order valence-corrected chi connectivity index (χ4v) is 5.80. The maximum Gasteiger partial charge on any atom is 0.310 e. The summed E-state index contributed by atoms with van der Waals surface area (Å²) in [6.07, 6.45) is 6.34. The molecule has 4 rings (SSSR count). The summed E-state index contributed by atoms with van der Waals surface area (Å²) in [5.74, 6) is -1.63. The van der Waals surface area contributed by atoms with Crippen molar-refractivity contribution in [1.82, 2.24) is 19.3 Å². The summed E-state index contributed by atoms with van der Waals surface area (Å²) in [7, 11) is -3.86. The Morgan fingerprint density at radius 3 is 2.44 bits per heavy atom. The summed E-state index contributed by atoms with van der Waals surface area (Å²) in [6, 6.07) is 14.5. The summed E-state index contributed by atoms with van der Waals surface area (Å²) >= 11 is 1.06. The van der Waals surface area contributed by atoms with E-state index in [4.69, 9.17) is 0 Å². The third-order valence-electron chi connectivity index (χ3n) is 5.32. The molecule has 0 aliphatic carbocycles. The van der Waals surface area contributed by atoms with Gasteiger partial charge in [-0.2, -0.15) is 4.31 Å². The van der Waals surface area contributed by atoms with Gasteiger partial charge in [0.05, 0.1) is 17.8 Å². The van der Waals surface area contributed by atoms with Crippen molar-refractivity contribution in [2.75, 3.05) is 0 Å². The molecule has 0 radical (unpaired) electrons. The molecule has 0 spiro atoms. The lowest BCUT2D eigenvalue weighted by Crippen LogP contribution is -2.30. The van der Waals surface area contributed by atoms with E-state index in [-0.39, 0.29) is 17.4 Å². The second-order valence-electron chi connectivity index (χ2n) is 7.66. The number of carbonyl (C=O) groups is 1. The molecule has 0 saturated heterocycles. The maximum absolute atomic E-state index is 13.4. The smallest absolute Gasteiger partial charge is 0.310 e. The number of hydrogen-bond acceptors (Lipinski definition) is 7. The molecule has 0 bridgehead atoms. The maximum atomic E-state index is 13.4. The number of hydrogen-bond donors (Lipinski definition) is 1. The van der Waals surface area contributed by atoms with Crippen molar-refractivity contribution >= 4 is 27.3 Å². The van der Waals surface area contributed by atoms with Gasteiger partial charge in [0, 0.05) is 42.6 Å². The van der Waals surface area contributed by atoms with Gasteiger partial charge in [0.1, 0.15) is 0 Å². The Morgan fingerprint density at radius 2 is 1.79 bits per heavy atom. The highest BCUT2D eigenvalue weighted by Gasteiger charge is 2.27. The van der Waals surface area contributed by atoms with Crippen molar-refractivity contribution in [1.29, 1.82) is 0 Å². The first-order valence-electron chi connectivity index (χ1n) is 10.4. The van der Waals surface area contributed by atoms with Gasteiger partial charge >= 0.3 is 5.97 Å². The predicted molar refractivity (Wildman–Crippen MR) is 129 cm³/mol. The highest BCUT2D eigenvalue weighted by molar-refractivity contribution is 7.91. The number of sulfonamides is 1. The highest BCUT2D eigenvalue weighted by atomic mass is 32.2. The monoisotopic (exact) mass is 494 g/mol. The number of thiazole rings is 1. The van der Waals surface area contributed by atoms with Crippen molar-refractivity contribution in [3.05, 3.63) is 95.4 Å². The third-order valence-corrected chi connectivity index (χ3v) is 8.29. The van der Waals surface area contributed by atoms with Crippen molar-refractivity contribution in [3.63, 3.8) is 0 Å². The Balaban J connectivity index is 1.63. The highest BCUT2D eigenvalue weighted by Crippen LogP contribution is 2.25. The van der Waals surface area contributed by atoms with Gasteiger partial charge in [0.2, 0.25) is 4.34 Å². The zero-order valence-corrected chi connectivity index (χ0v) is 19.9. The minimum atomic E-state index is -3.86. The number of carboxylic acid groups (broad SMARTS) is 1. The second-order valence-corrected chi connectivity index (χ2v) is 10.7. The molecule has 0 amide bonds. The van der Waals surface area contributed by atoms with Crippen LogP contribution in [0.3, 0.4) is 0 Å². The minimum Gasteiger partial charge on any atom is -0.481 e. The fraction of sp³-hybridized carbons (Fsp3) is 0.167. The third kappa shape index (κ3) is 5.36. The predicted octanol–water partition coefficient (Wildman–Crippen LogP) is 4.18. The summed E-state index contributed by atoms with van der Waals surface area (Å²) < 4.78 is 28.1. The van der Waals surface area contributed by atoms with Crippen molar-refractivity contribution in [2.45, 2.75) is 30.3 Å². The Bertz CT molecular complexity index is 1360. The molecule has 4 aromatic rings. The molecule has 1 N–H and O–H groups in total. The summed E-state index contributed by atoms with van der Waals surface area (Å²) in [4.78, 5) is 23.8. The number of benzene rings is 2. The van der Waals surface area contributed by atoms with Gasteiger partial charge in [-0.3, -0.25) is 14.8 Å². The van der Waals surface area contributed by atoms with Gasteiger partial charge < -0.3 is 5.11 Å². The number of aliphatic carboxylic acids is 1. The van der Waals surface area contributed by atoms with Crippen LogP contribution in [0.2, 0.25) is 0 Å². The van der Waals surface area contributed by atoms with Crippen LogP contribution in [0.1, 0.15) is 29.5 Å². The SMILES string of the molecule is CC(C(=O)O)c1cccc(CN(Cc2ccc(-c3cnccn3)cc2)S(=O)(=O)c2nccs2)c1. The molecule has 34 heavy (non-hydrogen) atoms. The van der Waals surface area contributed by atoms with Crippen LogP contribution in [0.5, 0.6) is 0 Å².